The van der Waals surface area contributed by atoms with Crippen molar-refractivity contribution in [2.24, 2.45) is 0 Å². The first kappa shape index (κ1) is 17.1. The molecule has 2 aromatic rings. The number of ether oxygens (including phenoxy) is 1. The largest absolute Gasteiger partial charge is 0.484 e. The number of amides is 1. The summed E-state index contributed by atoms with van der Waals surface area (Å²) in [7, 11) is 0. The second kappa shape index (κ2) is 6.86. The van der Waals surface area contributed by atoms with Crippen LogP contribution in [0.25, 0.3) is 11.0 Å². The third kappa shape index (κ3) is 4.84. The Morgan fingerprint density at radius 1 is 1.26 bits per heavy atom. The molecule has 2 rings (SSSR count). The van der Waals surface area contributed by atoms with Gasteiger partial charge in [-0.3, -0.25) is 4.79 Å². The van der Waals surface area contributed by atoms with Crippen molar-refractivity contribution in [1.82, 2.24) is 5.32 Å². The number of benzene rings is 1. The molecule has 1 heterocycles. The summed E-state index contributed by atoms with van der Waals surface area (Å²) >= 11 is 0. The number of fused-ring (bicyclic) bond motifs is 1. The lowest BCUT2D eigenvalue weighted by Gasteiger charge is -2.20. The third-order valence-electron chi connectivity index (χ3n) is 3.21. The van der Waals surface area contributed by atoms with Gasteiger partial charge in [-0.15, -0.1) is 0 Å². The van der Waals surface area contributed by atoms with Gasteiger partial charge in [0.05, 0.1) is 0 Å². The van der Waals surface area contributed by atoms with E-state index in [2.05, 4.69) is 12.2 Å². The van der Waals surface area contributed by atoms with Crippen molar-refractivity contribution in [2.45, 2.75) is 46.1 Å². The van der Waals surface area contributed by atoms with Crippen molar-refractivity contribution in [1.29, 1.82) is 0 Å². The number of carbonyl (C=O) groups is 1. The predicted molar refractivity (Wildman–Crippen MR) is 89.9 cm³/mol. The highest BCUT2D eigenvalue weighted by molar-refractivity contribution is 5.82. The first-order valence-electron chi connectivity index (χ1n) is 7.79. The second-order valence-corrected chi connectivity index (χ2v) is 6.59. The normalized spacial score (nSPS) is 11.5. The van der Waals surface area contributed by atoms with E-state index in [-0.39, 0.29) is 23.7 Å². The molecule has 0 aliphatic carbocycles. The molecule has 0 radical (unpaired) electrons. The number of hydrogen-bond acceptors (Lipinski definition) is 4. The summed E-state index contributed by atoms with van der Waals surface area (Å²) < 4.78 is 10.7. The zero-order valence-corrected chi connectivity index (χ0v) is 14.1. The minimum atomic E-state index is -0.372. The van der Waals surface area contributed by atoms with E-state index in [1.807, 2.05) is 26.8 Å². The molecule has 5 heteroatoms. The molecule has 0 spiro atoms. The van der Waals surface area contributed by atoms with Crippen LogP contribution in [0, 0.1) is 0 Å². The number of hydrogen-bond donors (Lipinski definition) is 1. The molecule has 0 unspecified atom stereocenters. The summed E-state index contributed by atoms with van der Waals surface area (Å²) in [4.78, 5) is 23.4. The number of aryl methyl sites for hydroxylation is 1. The Kier molecular flexibility index (Phi) is 5.08. The molecule has 1 amide bonds. The van der Waals surface area contributed by atoms with Crippen LogP contribution in [0.4, 0.5) is 0 Å². The van der Waals surface area contributed by atoms with Crippen LogP contribution in [-0.2, 0) is 11.2 Å². The summed E-state index contributed by atoms with van der Waals surface area (Å²) in [5, 5.41) is 3.73. The van der Waals surface area contributed by atoms with Crippen LogP contribution in [0.1, 0.15) is 39.7 Å². The van der Waals surface area contributed by atoms with E-state index in [4.69, 9.17) is 9.15 Å². The first-order chi connectivity index (χ1) is 10.8. The fourth-order valence-electron chi connectivity index (χ4n) is 2.38. The van der Waals surface area contributed by atoms with Crippen LogP contribution >= 0.6 is 0 Å². The molecule has 124 valence electrons. The SMILES string of the molecule is CCCc1cc(=O)oc2cc(OCC(=O)NC(C)(C)C)ccc12. The molecule has 1 aromatic heterocycles. The van der Waals surface area contributed by atoms with E-state index in [1.165, 1.54) is 6.07 Å². The molecule has 0 atom stereocenters. The number of carbonyl (C=O) groups excluding carboxylic acids is 1. The van der Waals surface area contributed by atoms with Gasteiger partial charge in [0.2, 0.25) is 0 Å². The minimum absolute atomic E-state index is 0.0817. The Morgan fingerprint density at radius 3 is 2.65 bits per heavy atom. The first-order valence-corrected chi connectivity index (χ1v) is 7.79. The van der Waals surface area contributed by atoms with Gasteiger partial charge in [-0.1, -0.05) is 13.3 Å². The number of rotatable bonds is 5. The van der Waals surface area contributed by atoms with Crippen molar-refractivity contribution >= 4 is 16.9 Å². The summed E-state index contributed by atoms with van der Waals surface area (Å²) in [5.74, 6) is 0.303. The van der Waals surface area contributed by atoms with Crippen molar-refractivity contribution in [3.8, 4) is 5.75 Å². The minimum Gasteiger partial charge on any atom is -0.484 e. The van der Waals surface area contributed by atoms with E-state index in [0.717, 1.165) is 23.8 Å². The zero-order chi connectivity index (χ0) is 17.0. The van der Waals surface area contributed by atoms with Gasteiger partial charge < -0.3 is 14.5 Å². The highest BCUT2D eigenvalue weighted by Gasteiger charge is 2.14. The van der Waals surface area contributed by atoms with Gasteiger partial charge in [0, 0.05) is 23.1 Å². The Labute approximate surface area is 135 Å². The van der Waals surface area contributed by atoms with E-state index in [0.29, 0.717) is 11.3 Å². The smallest absolute Gasteiger partial charge is 0.336 e. The fraction of sp³-hybridized carbons (Fsp3) is 0.444. The Bertz CT molecular complexity index is 756. The molecule has 0 saturated carbocycles. The monoisotopic (exact) mass is 317 g/mol. The average Bonchev–Trinajstić information content (AvgIpc) is 2.43. The molecule has 1 N–H and O–H groups in total. The highest BCUT2D eigenvalue weighted by Crippen LogP contribution is 2.23. The second-order valence-electron chi connectivity index (χ2n) is 6.59. The van der Waals surface area contributed by atoms with E-state index < -0.39 is 0 Å². The number of nitrogens with one attached hydrogen (secondary N) is 1. The zero-order valence-electron chi connectivity index (χ0n) is 14.1. The van der Waals surface area contributed by atoms with Gasteiger partial charge in [-0.05, 0) is 44.9 Å². The molecule has 1 aromatic carbocycles. The summed E-state index contributed by atoms with van der Waals surface area (Å²) in [5.41, 5.74) is 0.778. The quantitative estimate of drug-likeness (QED) is 0.861. The van der Waals surface area contributed by atoms with E-state index >= 15 is 0 Å². The average molecular weight is 317 g/mol. The summed E-state index contributed by atoms with van der Waals surface area (Å²) in [6.07, 6.45) is 1.76. The van der Waals surface area contributed by atoms with E-state index in [1.54, 1.807) is 12.1 Å². The van der Waals surface area contributed by atoms with Gasteiger partial charge in [0.15, 0.2) is 6.61 Å². The van der Waals surface area contributed by atoms with Gasteiger partial charge in [-0.25, -0.2) is 4.79 Å². The molecule has 0 saturated heterocycles. The van der Waals surface area contributed by atoms with Crippen LogP contribution in [0.2, 0.25) is 0 Å². The van der Waals surface area contributed by atoms with Crippen molar-refractivity contribution in [2.75, 3.05) is 6.61 Å². The maximum Gasteiger partial charge on any atom is 0.336 e. The van der Waals surface area contributed by atoms with E-state index in [9.17, 15) is 9.59 Å². The molecular formula is C18H23NO4. The van der Waals surface area contributed by atoms with Crippen LogP contribution < -0.4 is 15.7 Å². The van der Waals surface area contributed by atoms with Crippen molar-refractivity contribution in [3.63, 3.8) is 0 Å². The van der Waals surface area contributed by atoms with Gasteiger partial charge >= 0.3 is 5.63 Å². The maximum atomic E-state index is 11.8. The van der Waals surface area contributed by atoms with Crippen LogP contribution in [0.3, 0.4) is 0 Å². The summed E-state index contributed by atoms with van der Waals surface area (Å²) in [6.45, 7) is 7.70. The highest BCUT2D eigenvalue weighted by atomic mass is 16.5. The van der Waals surface area contributed by atoms with Gasteiger partial charge in [-0.2, -0.15) is 0 Å². The molecule has 0 aliphatic heterocycles. The standard InChI is InChI=1S/C18H23NO4/c1-5-6-12-9-17(21)23-15-10-13(7-8-14(12)15)22-11-16(20)19-18(2,3)4/h7-10H,5-6,11H2,1-4H3,(H,19,20). The molecule has 0 fully saturated rings. The van der Waals surface area contributed by atoms with Crippen LogP contribution in [0.5, 0.6) is 5.75 Å². The van der Waals surface area contributed by atoms with Crippen LogP contribution in [0.15, 0.2) is 33.5 Å². The Morgan fingerprint density at radius 2 is 2.00 bits per heavy atom. The third-order valence-corrected chi connectivity index (χ3v) is 3.21. The fourth-order valence-corrected chi connectivity index (χ4v) is 2.38. The lowest BCUT2D eigenvalue weighted by Crippen LogP contribution is -2.43. The topological polar surface area (TPSA) is 68.5 Å². The predicted octanol–water partition coefficient (Wildman–Crippen LogP) is 3.04. The van der Waals surface area contributed by atoms with Gasteiger partial charge in [0.1, 0.15) is 11.3 Å². The molecular weight excluding hydrogens is 294 g/mol. The summed E-state index contributed by atoms with van der Waals surface area (Å²) in [6, 6.07) is 6.83. The molecule has 0 aliphatic rings. The molecule has 23 heavy (non-hydrogen) atoms. The van der Waals surface area contributed by atoms with Crippen LogP contribution in [-0.4, -0.2) is 18.1 Å². The Balaban J connectivity index is 2.17. The maximum absolute atomic E-state index is 11.8. The Hall–Kier alpha value is -2.30. The van der Waals surface area contributed by atoms with Gasteiger partial charge in [0.25, 0.3) is 5.91 Å². The molecule has 5 nitrogen and oxygen atoms in total. The van der Waals surface area contributed by atoms with Crippen molar-refractivity contribution < 1.29 is 13.9 Å². The molecule has 0 bridgehead atoms. The lowest BCUT2D eigenvalue weighted by atomic mass is 10.1. The lowest BCUT2D eigenvalue weighted by molar-refractivity contribution is -0.124. The van der Waals surface area contributed by atoms with Crippen molar-refractivity contribution in [3.05, 3.63) is 40.2 Å².